The van der Waals surface area contributed by atoms with E-state index in [1.54, 1.807) is 11.6 Å². The summed E-state index contributed by atoms with van der Waals surface area (Å²) in [5.41, 5.74) is 2.31. The number of aromatic nitrogens is 6. The van der Waals surface area contributed by atoms with Crippen LogP contribution in [-0.2, 0) is 11.3 Å². The first kappa shape index (κ1) is 14.6. The maximum absolute atomic E-state index is 9.75. The lowest BCUT2D eigenvalue weighted by atomic mass is 10.1. The molecule has 1 unspecified atom stereocenters. The second kappa shape index (κ2) is 6.20. The smallest absolute Gasteiger partial charge is 0.179 e. The first-order valence-corrected chi connectivity index (χ1v) is 7.21. The van der Waals surface area contributed by atoms with E-state index in [1.807, 2.05) is 25.1 Å². The average molecular weight is 302 g/mol. The van der Waals surface area contributed by atoms with Crippen molar-refractivity contribution >= 4 is 11.0 Å². The molecule has 0 radical (unpaired) electrons. The predicted octanol–water partition coefficient (Wildman–Crippen LogP) is 1.31. The highest BCUT2D eigenvalue weighted by molar-refractivity contribution is 5.89. The van der Waals surface area contributed by atoms with Crippen LogP contribution in [0.4, 0.5) is 0 Å². The van der Waals surface area contributed by atoms with Gasteiger partial charge in [0.05, 0.1) is 13.2 Å². The zero-order valence-electron chi connectivity index (χ0n) is 12.5. The predicted molar refractivity (Wildman–Crippen MR) is 80.0 cm³/mol. The van der Waals surface area contributed by atoms with Crippen LogP contribution in [0.3, 0.4) is 0 Å². The Labute approximate surface area is 127 Å². The van der Waals surface area contributed by atoms with Crippen molar-refractivity contribution in [2.75, 3.05) is 13.2 Å². The molecule has 0 fully saturated rings. The molecule has 3 rings (SSSR count). The van der Waals surface area contributed by atoms with E-state index in [0.29, 0.717) is 31.4 Å². The van der Waals surface area contributed by atoms with Gasteiger partial charge in [-0.3, -0.25) is 0 Å². The van der Waals surface area contributed by atoms with Crippen LogP contribution in [0, 0.1) is 0 Å². The van der Waals surface area contributed by atoms with Gasteiger partial charge in [0.1, 0.15) is 17.1 Å². The van der Waals surface area contributed by atoms with Crippen LogP contribution in [0.25, 0.3) is 22.4 Å². The minimum Gasteiger partial charge on any atom is -0.385 e. The Morgan fingerprint density at radius 1 is 1.36 bits per heavy atom. The van der Waals surface area contributed by atoms with Gasteiger partial charge in [0.2, 0.25) is 0 Å². The fourth-order valence-electron chi connectivity index (χ4n) is 2.24. The Balaban J connectivity index is 2.06. The van der Waals surface area contributed by atoms with Gasteiger partial charge >= 0.3 is 0 Å². The molecule has 0 amide bonds. The Hall–Kier alpha value is -2.32. The third-order valence-electron chi connectivity index (χ3n) is 3.30. The van der Waals surface area contributed by atoms with Crippen molar-refractivity contribution in [3.63, 3.8) is 0 Å². The van der Waals surface area contributed by atoms with Gasteiger partial charge in [0.25, 0.3) is 0 Å². The van der Waals surface area contributed by atoms with Crippen LogP contribution in [-0.4, -0.2) is 48.5 Å². The topological polar surface area (TPSA) is 102 Å². The second-order valence-corrected chi connectivity index (χ2v) is 4.89. The van der Waals surface area contributed by atoms with E-state index in [4.69, 9.17) is 4.74 Å². The third kappa shape index (κ3) is 2.70. The molecule has 0 aliphatic heterocycles. The number of hydrogen-bond donors (Lipinski definition) is 2. The van der Waals surface area contributed by atoms with E-state index in [9.17, 15) is 5.11 Å². The lowest BCUT2D eigenvalue weighted by Crippen LogP contribution is -2.09. The maximum Gasteiger partial charge on any atom is 0.179 e. The lowest BCUT2D eigenvalue weighted by Gasteiger charge is -2.06. The van der Waals surface area contributed by atoms with Gasteiger partial charge in [0, 0.05) is 12.2 Å². The molecule has 2 N–H and O–H groups in total. The van der Waals surface area contributed by atoms with Crippen LogP contribution in [0.15, 0.2) is 18.2 Å². The molecule has 116 valence electrons. The van der Waals surface area contributed by atoms with Crippen LogP contribution in [0.5, 0.6) is 0 Å². The van der Waals surface area contributed by atoms with Crippen LogP contribution < -0.4 is 0 Å². The van der Waals surface area contributed by atoms with Gasteiger partial charge in [-0.15, -0.1) is 0 Å². The molecule has 0 saturated heterocycles. The summed E-state index contributed by atoms with van der Waals surface area (Å²) in [6.45, 7) is 5.31. The first-order chi connectivity index (χ1) is 10.7. The number of rotatable bonds is 6. The van der Waals surface area contributed by atoms with Gasteiger partial charge in [-0.05, 0) is 26.0 Å². The number of para-hydroxylation sites is 1. The van der Waals surface area contributed by atoms with Crippen molar-refractivity contribution in [2.24, 2.45) is 0 Å². The van der Waals surface area contributed by atoms with Crippen LogP contribution in [0.2, 0.25) is 0 Å². The Morgan fingerprint density at radius 3 is 3.00 bits per heavy atom. The van der Waals surface area contributed by atoms with E-state index >= 15 is 0 Å². The molecule has 1 atom stereocenters. The number of aliphatic hydroxyl groups excluding tert-OH is 1. The summed E-state index contributed by atoms with van der Waals surface area (Å²) < 4.78 is 7.12. The molecule has 0 aliphatic carbocycles. The molecule has 2 heterocycles. The summed E-state index contributed by atoms with van der Waals surface area (Å²) in [5, 5.41) is 25.0. The molecular weight excluding hydrogens is 284 g/mol. The quantitative estimate of drug-likeness (QED) is 0.666. The summed E-state index contributed by atoms with van der Waals surface area (Å²) in [4.78, 5) is 4.45. The number of nitrogens with zero attached hydrogens (tertiary/aromatic N) is 5. The van der Waals surface area contributed by atoms with E-state index in [1.165, 1.54) is 0 Å². The summed E-state index contributed by atoms with van der Waals surface area (Å²) in [6, 6.07) is 5.68. The molecule has 0 saturated carbocycles. The number of H-pyrrole nitrogens is 1. The Bertz CT molecular complexity index is 764. The Morgan fingerprint density at radius 2 is 2.23 bits per heavy atom. The molecule has 3 aromatic rings. The zero-order chi connectivity index (χ0) is 15.5. The fraction of sp³-hybridized carbons (Fsp3) is 0.429. The lowest BCUT2D eigenvalue weighted by molar-refractivity contribution is 0.135. The van der Waals surface area contributed by atoms with Crippen molar-refractivity contribution in [3.8, 4) is 11.4 Å². The van der Waals surface area contributed by atoms with Gasteiger partial charge < -0.3 is 9.84 Å². The molecule has 1 aromatic carbocycles. The van der Waals surface area contributed by atoms with E-state index < -0.39 is 6.10 Å². The largest absolute Gasteiger partial charge is 0.385 e. The van der Waals surface area contributed by atoms with E-state index in [0.717, 1.165) is 16.6 Å². The normalized spacial score (nSPS) is 12.9. The highest BCUT2D eigenvalue weighted by Gasteiger charge is 2.18. The minimum absolute atomic E-state index is 0.381. The zero-order valence-corrected chi connectivity index (χ0v) is 12.5. The SMILES string of the molecule is CCOCCn1nc(C(C)O)nc1-c1cccc2n[nH]nc12. The standard InChI is InChI=1S/C14H18N6O2/c1-3-22-8-7-20-14(15-13(18-20)9(2)21)10-5-4-6-11-12(10)17-19-16-11/h4-6,9,21H,3,7-8H2,1-2H3,(H,16,17,19). The van der Waals surface area contributed by atoms with Crippen molar-refractivity contribution in [3.05, 3.63) is 24.0 Å². The monoisotopic (exact) mass is 302 g/mol. The molecule has 2 aromatic heterocycles. The Kier molecular flexibility index (Phi) is 4.12. The highest BCUT2D eigenvalue weighted by Crippen LogP contribution is 2.25. The number of ether oxygens (including phenoxy) is 1. The highest BCUT2D eigenvalue weighted by atomic mass is 16.5. The van der Waals surface area contributed by atoms with E-state index in [-0.39, 0.29) is 0 Å². The number of nitrogens with one attached hydrogen (secondary N) is 1. The molecule has 22 heavy (non-hydrogen) atoms. The first-order valence-electron chi connectivity index (χ1n) is 7.21. The van der Waals surface area contributed by atoms with E-state index in [2.05, 4.69) is 25.5 Å². The third-order valence-corrected chi connectivity index (χ3v) is 3.30. The minimum atomic E-state index is -0.733. The summed E-state index contributed by atoms with van der Waals surface area (Å²) >= 11 is 0. The summed E-state index contributed by atoms with van der Waals surface area (Å²) in [5.74, 6) is 1.03. The molecule has 0 aliphatic rings. The number of benzene rings is 1. The molecule has 0 spiro atoms. The van der Waals surface area contributed by atoms with Gasteiger partial charge in [-0.25, -0.2) is 9.67 Å². The number of aliphatic hydroxyl groups is 1. The number of fused-ring (bicyclic) bond motifs is 1. The van der Waals surface area contributed by atoms with Gasteiger partial charge in [-0.1, -0.05) is 6.07 Å². The van der Waals surface area contributed by atoms with Gasteiger partial charge in [-0.2, -0.15) is 20.5 Å². The fourth-order valence-corrected chi connectivity index (χ4v) is 2.24. The molecule has 8 nitrogen and oxygen atoms in total. The van der Waals surface area contributed by atoms with Crippen LogP contribution in [0.1, 0.15) is 25.8 Å². The molecule has 8 heteroatoms. The van der Waals surface area contributed by atoms with Crippen molar-refractivity contribution in [1.29, 1.82) is 0 Å². The van der Waals surface area contributed by atoms with Crippen LogP contribution >= 0.6 is 0 Å². The average Bonchev–Trinajstić information content (AvgIpc) is 3.13. The van der Waals surface area contributed by atoms with Crippen molar-refractivity contribution in [1.82, 2.24) is 30.2 Å². The molecular formula is C14H18N6O2. The molecule has 0 bridgehead atoms. The number of hydrogen-bond acceptors (Lipinski definition) is 6. The summed E-state index contributed by atoms with van der Waals surface area (Å²) in [7, 11) is 0. The van der Waals surface area contributed by atoms with Gasteiger partial charge in [0.15, 0.2) is 11.6 Å². The summed E-state index contributed by atoms with van der Waals surface area (Å²) in [6.07, 6.45) is -0.733. The number of aromatic amines is 1. The van der Waals surface area contributed by atoms with Crippen molar-refractivity contribution < 1.29 is 9.84 Å². The maximum atomic E-state index is 9.75. The van der Waals surface area contributed by atoms with Crippen molar-refractivity contribution in [2.45, 2.75) is 26.5 Å². The second-order valence-electron chi connectivity index (χ2n) is 4.89.